The molecule has 1 fully saturated rings. The molecular weight excluding hydrogens is 412 g/mol. The number of anilines is 1. The van der Waals surface area contributed by atoms with Gasteiger partial charge in [0.15, 0.2) is 5.13 Å². The van der Waals surface area contributed by atoms with Crippen molar-refractivity contribution in [2.24, 2.45) is 5.16 Å². The number of amides is 2. The molecule has 0 aromatic carbocycles. The third-order valence-corrected chi connectivity index (χ3v) is 5.76. The van der Waals surface area contributed by atoms with Gasteiger partial charge in [-0.15, -0.1) is 11.8 Å². The molecule has 12 nitrogen and oxygen atoms in total. The van der Waals surface area contributed by atoms with Crippen LogP contribution in [0.25, 0.3) is 0 Å². The molecule has 5 N–H and O–H groups in total. The fraction of sp³-hybridized carbons (Fsp3) is 0.429. The Morgan fingerprint density at radius 1 is 1.50 bits per heavy atom. The number of aliphatic hydroxyl groups is 1. The van der Waals surface area contributed by atoms with Gasteiger partial charge in [-0.25, -0.2) is 4.79 Å². The lowest BCUT2D eigenvalue weighted by Gasteiger charge is -2.49. The molecule has 1 aromatic heterocycles. The fourth-order valence-corrected chi connectivity index (χ4v) is 4.43. The third-order valence-electron chi connectivity index (χ3n) is 3.88. The highest BCUT2D eigenvalue weighted by Crippen LogP contribution is 2.40. The Balaban J connectivity index is 1.79. The summed E-state index contributed by atoms with van der Waals surface area (Å²) < 4.78 is 3.92. The number of β-lactam (4-membered cyclic amide) rings is 1. The highest BCUT2D eigenvalue weighted by molar-refractivity contribution is 8.00. The van der Waals surface area contributed by atoms with Crippen molar-refractivity contribution in [1.29, 1.82) is 0 Å². The van der Waals surface area contributed by atoms with Crippen molar-refractivity contribution in [3.63, 3.8) is 0 Å². The van der Waals surface area contributed by atoms with Gasteiger partial charge in [0, 0.05) is 17.3 Å². The summed E-state index contributed by atoms with van der Waals surface area (Å²) >= 11 is 2.11. The number of nitrogens with two attached hydrogens (primary N) is 1. The van der Waals surface area contributed by atoms with Gasteiger partial charge in [-0.1, -0.05) is 5.16 Å². The number of rotatable bonds is 7. The summed E-state index contributed by atoms with van der Waals surface area (Å²) in [6, 6.07) is -0.963. The van der Waals surface area contributed by atoms with Crippen LogP contribution >= 0.6 is 23.3 Å². The number of carbonyl (C=O) groups excluding carboxylic acids is 2. The highest BCUT2D eigenvalue weighted by Gasteiger charge is 2.54. The zero-order valence-electron chi connectivity index (χ0n) is 14.5. The number of nitrogen functional groups attached to an aromatic ring is 1. The zero-order valence-corrected chi connectivity index (χ0v) is 16.1. The smallest absolute Gasteiger partial charge is 0.352 e. The first-order valence-corrected chi connectivity index (χ1v) is 9.82. The van der Waals surface area contributed by atoms with Crippen LogP contribution in [-0.4, -0.2) is 78.3 Å². The number of thioether (sulfide) groups is 1. The van der Waals surface area contributed by atoms with Crippen molar-refractivity contribution < 1.29 is 29.4 Å². The molecule has 3 heterocycles. The number of aliphatic carboxylic acids is 1. The lowest BCUT2D eigenvalue weighted by atomic mass is 10.0. The number of nitrogens with zero attached hydrogens (tertiary/aromatic N) is 4. The molecule has 2 amide bonds. The van der Waals surface area contributed by atoms with Crippen LogP contribution in [0.5, 0.6) is 0 Å². The molecule has 28 heavy (non-hydrogen) atoms. The first-order valence-electron chi connectivity index (χ1n) is 8.00. The van der Waals surface area contributed by atoms with E-state index in [-0.39, 0.29) is 40.3 Å². The number of hydrogen-bond acceptors (Lipinski definition) is 11. The second-order valence-corrected chi connectivity index (χ2v) is 7.48. The van der Waals surface area contributed by atoms with Gasteiger partial charge in [0.05, 0.1) is 6.61 Å². The van der Waals surface area contributed by atoms with Crippen LogP contribution in [0.1, 0.15) is 12.7 Å². The second-order valence-electron chi connectivity index (χ2n) is 5.59. The quantitative estimate of drug-likeness (QED) is 0.229. The van der Waals surface area contributed by atoms with Crippen LogP contribution in [0.15, 0.2) is 16.4 Å². The van der Waals surface area contributed by atoms with E-state index in [0.717, 1.165) is 16.4 Å². The summed E-state index contributed by atoms with van der Waals surface area (Å²) in [6.07, 6.45) is 0. The van der Waals surface area contributed by atoms with E-state index in [1.54, 1.807) is 6.92 Å². The average molecular weight is 428 g/mol. The lowest BCUT2D eigenvalue weighted by Crippen LogP contribution is -2.71. The second kappa shape index (κ2) is 8.12. The van der Waals surface area contributed by atoms with Crippen molar-refractivity contribution in [1.82, 2.24) is 19.6 Å². The van der Waals surface area contributed by atoms with Gasteiger partial charge in [-0.3, -0.25) is 14.5 Å². The normalized spacial score (nSPS) is 21.9. The van der Waals surface area contributed by atoms with Crippen LogP contribution in [-0.2, 0) is 19.2 Å². The van der Waals surface area contributed by atoms with E-state index in [1.165, 1.54) is 11.8 Å². The van der Waals surface area contributed by atoms with Crippen molar-refractivity contribution in [2.75, 3.05) is 24.7 Å². The molecular formula is C14H16N6O6S2. The number of aliphatic hydroxyl groups excluding tert-OH is 1. The van der Waals surface area contributed by atoms with Crippen LogP contribution in [0.3, 0.4) is 0 Å². The minimum Gasteiger partial charge on any atom is -0.477 e. The molecule has 2 aliphatic rings. The molecule has 1 aromatic rings. The van der Waals surface area contributed by atoms with Gasteiger partial charge in [0.25, 0.3) is 11.8 Å². The Labute approximate surface area is 166 Å². The molecule has 14 heteroatoms. The van der Waals surface area contributed by atoms with Gasteiger partial charge < -0.3 is 26.1 Å². The number of nitrogens with one attached hydrogen (secondary N) is 1. The highest BCUT2D eigenvalue weighted by atomic mass is 32.2. The largest absolute Gasteiger partial charge is 0.477 e. The summed E-state index contributed by atoms with van der Waals surface area (Å²) in [5.74, 6) is -2.48. The van der Waals surface area contributed by atoms with Gasteiger partial charge in [0.1, 0.15) is 23.7 Å². The van der Waals surface area contributed by atoms with Crippen molar-refractivity contribution >= 4 is 51.9 Å². The number of carbonyl (C=O) groups is 3. The standard InChI is InChI=1S/C14H16N6O6S2/c1-2-26-18-6(9-17-14(15)28-19-9)10(22)16-7-11(23)20-8(13(24)25)5(3-21)4-27-12(7)20/h7,12,21H,2-4H2,1H3,(H,16,22)(H,24,25)(H2,15,17,19)/b18-6-/t7-,12-/m1/s1. The van der Waals surface area contributed by atoms with Crippen molar-refractivity contribution in [3.8, 4) is 0 Å². The maximum Gasteiger partial charge on any atom is 0.352 e. The lowest BCUT2D eigenvalue weighted by molar-refractivity contribution is -0.150. The van der Waals surface area contributed by atoms with E-state index < -0.39 is 35.8 Å². The number of carboxylic acid groups (broad SMARTS) is 1. The average Bonchev–Trinajstić information content (AvgIpc) is 3.10. The number of carboxylic acids is 1. The van der Waals surface area contributed by atoms with E-state index in [1.807, 2.05) is 0 Å². The van der Waals surface area contributed by atoms with Gasteiger partial charge >= 0.3 is 5.97 Å². The topological polar surface area (TPSA) is 180 Å². The Morgan fingerprint density at radius 2 is 2.25 bits per heavy atom. The molecule has 0 radical (unpaired) electrons. The third kappa shape index (κ3) is 3.53. The zero-order chi connectivity index (χ0) is 20.4. The van der Waals surface area contributed by atoms with Crippen LogP contribution < -0.4 is 11.1 Å². The molecule has 1 saturated heterocycles. The first-order chi connectivity index (χ1) is 13.4. The van der Waals surface area contributed by atoms with Gasteiger partial charge in [0.2, 0.25) is 11.5 Å². The summed E-state index contributed by atoms with van der Waals surface area (Å²) in [5, 5.41) is 24.4. The van der Waals surface area contributed by atoms with E-state index in [0.29, 0.717) is 0 Å². The molecule has 2 aliphatic heterocycles. The predicted molar refractivity (Wildman–Crippen MR) is 99.3 cm³/mol. The van der Waals surface area contributed by atoms with Gasteiger partial charge in [-0.2, -0.15) is 9.36 Å². The van der Waals surface area contributed by atoms with E-state index in [9.17, 15) is 24.6 Å². The predicted octanol–water partition coefficient (Wildman–Crippen LogP) is -1.41. The Hall–Kier alpha value is -2.71. The minimum atomic E-state index is -1.31. The molecule has 0 bridgehead atoms. The number of fused-ring (bicyclic) bond motifs is 1. The summed E-state index contributed by atoms with van der Waals surface area (Å²) in [4.78, 5) is 46.5. The van der Waals surface area contributed by atoms with Gasteiger partial charge in [-0.05, 0) is 12.5 Å². The van der Waals surface area contributed by atoms with Crippen LogP contribution in [0, 0.1) is 0 Å². The molecule has 3 rings (SSSR count). The van der Waals surface area contributed by atoms with Crippen LogP contribution in [0.2, 0.25) is 0 Å². The number of oxime groups is 1. The molecule has 0 spiro atoms. The summed E-state index contributed by atoms with van der Waals surface area (Å²) in [5.41, 5.74) is 5.28. The molecule has 0 unspecified atom stereocenters. The first kappa shape index (κ1) is 20.0. The Morgan fingerprint density at radius 3 is 2.82 bits per heavy atom. The SMILES string of the molecule is CCO/N=C(\C(=O)N[C@@H]1C(=O)N2C(C(=O)O)=C(CO)CS[C@H]12)c1nsc(N)n1. The number of hydrogen-bond donors (Lipinski definition) is 4. The summed E-state index contributed by atoms with van der Waals surface area (Å²) in [7, 11) is 0. The van der Waals surface area contributed by atoms with Crippen molar-refractivity contribution in [3.05, 3.63) is 17.1 Å². The molecule has 150 valence electrons. The fourth-order valence-electron chi connectivity index (χ4n) is 2.66. The maximum absolute atomic E-state index is 12.6. The maximum atomic E-state index is 12.6. The van der Waals surface area contributed by atoms with E-state index >= 15 is 0 Å². The van der Waals surface area contributed by atoms with E-state index in [2.05, 4.69) is 19.8 Å². The molecule has 0 saturated carbocycles. The summed E-state index contributed by atoms with van der Waals surface area (Å²) in [6.45, 7) is 1.40. The van der Waals surface area contributed by atoms with Crippen LogP contribution in [0.4, 0.5) is 5.13 Å². The Bertz CT molecular complexity index is 883. The van der Waals surface area contributed by atoms with Crippen molar-refractivity contribution in [2.45, 2.75) is 18.3 Å². The monoisotopic (exact) mass is 428 g/mol. The molecule has 0 aliphatic carbocycles. The number of aromatic nitrogens is 2. The Kier molecular flexibility index (Phi) is 5.81. The molecule has 2 atom stereocenters. The van der Waals surface area contributed by atoms with E-state index in [4.69, 9.17) is 10.6 Å². The minimum absolute atomic E-state index is 0.0398.